The molecule has 1 aromatic rings. The predicted molar refractivity (Wildman–Crippen MR) is 89.2 cm³/mol. The first-order valence-electron chi connectivity index (χ1n) is 8.45. The Morgan fingerprint density at radius 3 is 2.87 bits per heavy atom. The third-order valence-electron chi connectivity index (χ3n) is 4.32. The molecule has 1 aliphatic rings. The lowest BCUT2D eigenvalue weighted by Crippen LogP contribution is -2.39. The van der Waals surface area contributed by atoms with Crippen LogP contribution in [-0.2, 0) is 16.0 Å². The molecule has 0 aromatic heterocycles. The van der Waals surface area contributed by atoms with Crippen molar-refractivity contribution in [3.8, 4) is 0 Å². The van der Waals surface area contributed by atoms with Gasteiger partial charge in [-0.3, -0.25) is 9.59 Å². The van der Waals surface area contributed by atoms with Gasteiger partial charge in [-0.15, -0.1) is 0 Å². The Balaban J connectivity index is 1.81. The fourth-order valence-corrected chi connectivity index (χ4v) is 3.13. The summed E-state index contributed by atoms with van der Waals surface area (Å²) in [6, 6.07) is 7.76. The van der Waals surface area contributed by atoms with Gasteiger partial charge in [0.2, 0.25) is 5.91 Å². The highest BCUT2D eigenvalue weighted by Gasteiger charge is 2.21. The van der Waals surface area contributed by atoms with Gasteiger partial charge in [-0.25, -0.2) is 0 Å². The van der Waals surface area contributed by atoms with E-state index < -0.39 is 12.0 Å². The van der Waals surface area contributed by atoms with Crippen molar-refractivity contribution in [3.63, 3.8) is 0 Å². The summed E-state index contributed by atoms with van der Waals surface area (Å²) in [6.07, 6.45) is 4.79. The lowest BCUT2D eigenvalue weighted by Gasteiger charge is -2.26. The third-order valence-corrected chi connectivity index (χ3v) is 4.32. The molecule has 3 N–H and O–H groups in total. The number of hydrogen-bond donors (Lipinski definition) is 3. The van der Waals surface area contributed by atoms with Crippen molar-refractivity contribution in [2.45, 2.75) is 57.5 Å². The second kappa shape index (κ2) is 8.67. The largest absolute Gasteiger partial charge is 0.480 e. The highest BCUT2D eigenvalue weighted by atomic mass is 16.4. The van der Waals surface area contributed by atoms with E-state index in [0.717, 1.165) is 25.7 Å². The number of nitrogens with one attached hydrogen (secondary N) is 2. The molecule has 0 radical (unpaired) electrons. The van der Waals surface area contributed by atoms with Crippen LogP contribution in [0, 0.1) is 0 Å². The van der Waals surface area contributed by atoms with E-state index in [4.69, 9.17) is 5.11 Å². The number of aryl methyl sites for hydroxylation is 1. The molecule has 1 aliphatic carbocycles. The molecule has 0 saturated heterocycles. The van der Waals surface area contributed by atoms with Crippen LogP contribution in [0.3, 0.4) is 0 Å². The molecular weight excluding hydrogens is 292 g/mol. The van der Waals surface area contributed by atoms with Crippen LogP contribution in [0.1, 0.15) is 56.2 Å². The topological polar surface area (TPSA) is 78.4 Å². The first kappa shape index (κ1) is 17.5. The summed E-state index contributed by atoms with van der Waals surface area (Å²) in [5.41, 5.74) is 2.53. The highest BCUT2D eigenvalue weighted by molar-refractivity contribution is 5.77. The summed E-state index contributed by atoms with van der Waals surface area (Å²) < 4.78 is 0. The maximum Gasteiger partial charge on any atom is 0.320 e. The Labute approximate surface area is 137 Å². The molecule has 5 nitrogen and oxygen atoms in total. The molecule has 1 amide bonds. The summed E-state index contributed by atoms with van der Waals surface area (Å²) in [7, 11) is 0. The summed E-state index contributed by atoms with van der Waals surface area (Å²) in [6.45, 7) is 2.34. The number of aliphatic carboxylic acids is 1. The van der Waals surface area contributed by atoms with E-state index in [0.29, 0.717) is 19.4 Å². The van der Waals surface area contributed by atoms with E-state index in [2.05, 4.69) is 22.8 Å². The maximum atomic E-state index is 12.1. The number of fused-ring (bicyclic) bond motifs is 1. The molecule has 0 fully saturated rings. The van der Waals surface area contributed by atoms with Gasteiger partial charge >= 0.3 is 5.97 Å². The van der Waals surface area contributed by atoms with Crippen molar-refractivity contribution < 1.29 is 14.7 Å². The van der Waals surface area contributed by atoms with Crippen LogP contribution in [0.5, 0.6) is 0 Å². The zero-order chi connectivity index (χ0) is 16.7. The molecule has 126 valence electrons. The third kappa shape index (κ3) is 5.06. The van der Waals surface area contributed by atoms with Crippen LogP contribution in [0.25, 0.3) is 0 Å². The van der Waals surface area contributed by atoms with Gasteiger partial charge < -0.3 is 15.7 Å². The monoisotopic (exact) mass is 318 g/mol. The van der Waals surface area contributed by atoms with Crippen molar-refractivity contribution >= 4 is 11.9 Å². The van der Waals surface area contributed by atoms with Crippen LogP contribution in [-0.4, -0.2) is 29.6 Å². The van der Waals surface area contributed by atoms with E-state index in [1.807, 2.05) is 19.1 Å². The van der Waals surface area contributed by atoms with Crippen LogP contribution < -0.4 is 10.6 Å². The summed E-state index contributed by atoms with van der Waals surface area (Å²) >= 11 is 0. The van der Waals surface area contributed by atoms with E-state index in [-0.39, 0.29) is 11.9 Å². The van der Waals surface area contributed by atoms with Crippen molar-refractivity contribution in [2.24, 2.45) is 0 Å². The first-order chi connectivity index (χ1) is 11.1. The second-order valence-electron chi connectivity index (χ2n) is 6.09. The number of rotatable bonds is 8. The molecule has 0 heterocycles. The predicted octanol–water partition coefficient (Wildman–Crippen LogP) is 2.41. The van der Waals surface area contributed by atoms with Crippen molar-refractivity contribution in [2.75, 3.05) is 6.54 Å². The smallest absolute Gasteiger partial charge is 0.320 e. The van der Waals surface area contributed by atoms with Crippen molar-refractivity contribution in [1.29, 1.82) is 0 Å². The highest BCUT2D eigenvalue weighted by Crippen LogP contribution is 2.29. The fraction of sp³-hybridized carbons (Fsp3) is 0.556. The molecule has 0 aliphatic heterocycles. The standard InChI is InChI=1S/C18H26N2O3/c1-2-6-16(18(22)23)19-12-11-17(21)20-15-10-5-8-13-7-3-4-9-14(13)15/h3-4,7,9,15-16,19H,2,5-6,8,10-12H2,1H3,(H,20,21)(H,22,23). The minimum Gasteiger partial charge on any atom is -0.480 e. The summed E-state index contributed by atoms with van der Waals surface area (Å²) in [5, 5.41) is 15.1. The van der Waals surface area contributed by atoms with Gasteiger partial charge in [0.15, 0.2) is 0 Å². The van der Waals surface area contributed by atoms with E-state index in [1.165, 1.54) is 11.1 Å². The van der Waals surface area contributed by atoms with Gasteiger partial charge in [-0.05, 0) is 36.8 Å². The lowest BCUT2D eigenvalue weighted by molar-refractivity contribution is -0.139. The van der Waals surface area contributed by atoms with Gasteiger partial charge in [0, 0.05) is 13.0 Å². The van der Waals surface area contributed by atoms with E-state index >= 15 is 0 Å². The summed E-state index contributed by atoms with van der Waals surface area (Å²) in [4.78, 5) is 23.2. The Kier molecular flexibility index (Phi) is 6.59. The van der Waals surface area contributed by atoms with Crippen LogP contribution in [0.4, 0.5) is 0 Å². The van der Waals surface area contributed by atoms with Gasteiger partial charge in [-0.2, -0.15) is 0 Å². The van der Waals surface area contributed by atoms with Crippen molar-refractivity contribution in [1.82, 2.24) is 10.6 Å². The Morgan fingerprint density at radius 1 is 1.35 bits per heavy atom. The molecule has 23 heavy (non-hydrogen) atoms. The minimum atomic E-state index is -0.853. The molecule has 0 saturated carbocycles. The second-order valence-corrected chi connectivity index (χ2v) is 6.09. The van der Waals surface area contributed by atoms with E-state index in [1.54, 1.807) is 0 Å². The molecule has 0 bridgehead atoms. The van der Waals surface area contributed by atoms with Crippen LogP contribution in [0.15, 0.2) is 24.3 Å². The number of carbonyl (C=O) groups is 2. The molecule has 2 rings (SSSR count). The Hall–Kier alpha value is -1.88. The molecule has 2 atom stereocenters. The van der Waals surface area contributed by atoms with Gasteiger partial charge in [0.1, 0.15) is 6.04 Å². The van der Waals surface area contributed by atoms with Gasteiger partial charge in [0.25, 0.3) is 0 Å². The number of benzene rings is 1. The van der Waals surface area contributed by atoms with Gasteiger partial charge in [0.05, 0.1) is 6.04 Å². The van der Waals surface area contributed by atoms with Gasteiger partial charge in [-0.1, -0.05) is 37.6 Å². The molecule has 5 heteroatoms. The van der Waals surface area contributed by atoms with Crippen LogP contribution >= 0.6 is 0 Å². The number of carboxylic acids is 1. The van der Waals surface area contributed by atoms with E-state index in [9.17, 15) is 9.59 Å². The Bertz CT molecular complexity index is 545. The Morgan fingerprint density at radius 2 is 2.13 bits per heavy atom. The first-order valence-corrected chi connectivity index (χ1v) is 8.45. The molecule has 1 aromatic carbocycles. The maximum absolute atomic E-state index is 12.1. The number of hydrogen-bond acceptors (Lipinski definition) is 3. The average Bonchev–Trinajstić information content (AvgIpc) is 2.54. The molecule has 2 unspecified atom stereocenters. The SMILES string of the molecule is CCCC(NCCC(=O)NC1CCCc2ccccc21)C(=O)O. The number of carbonyl (C=O) groups excluding carboxylic acids is 1. The number of amides is 1. The van der Waals surface area contributed by atoms with Crippen LogP contribution in [0.2, 0.25) is 0 Å². The zero-order valence-corrected chi connectivity index (χ0v) is 13.7. The minimum absolute atomic E-state index is 0.0279. The fourth-order valence-electron chi connectivity index (χ4n) is 3.13. The number of carboxylic acid groups (broad SMARTS) is 1. The molecular formula is C18H26N2O3. The van der Waals surface area contributed by atoms with Crippen molar-refractivity contribution in [3.05, 3.63) is 35.4 Å². The zero-order valence-electron chi connectivity index (χ0n) is 13.7. The molecule has 0 spiro atoms. The summed E-state index contributed by atoms with van der Waals surface area (Å²) in [5.74, 6) is -0.881. The normalized spacial score (nSPS) is 18.0. The lowest BCUT2D eigenvalue weighted by atomic mass is 9.87. The average molecular weight is 318 g/mol. The quantitative estimate of drug-likeness (QED) is 0.688.